The van der Waals surface area contributed by atoms with Crippen molar-refractivity contribution in [1.29, 1.82) is 0 Å². The van der Waals surface area contributed by atoms with Crippen molar-refractivity contribution < 1.29 is 4.39 Å². The van der Waals surface area contributed by atoms with Crippen molar-refractivity contribution in [3.05, 3.63) is 76.7 Å². The number of nitrogens with one attached hydrogen (secondary N) is 1. The van der Waals surface area contributed by atoms with Crippen LogP contribution in [0, 0.1) is 19.7 Å². The van der Waals surface area contributed by atoms with Crippen molar-refractivity contribution >= 4 is 0 Å². The van der Waals surface area contributed by atoms with Crippen LogP contribution in [0.4, 0.5) is 4.39 Å². The molecule has 1 heterocycles. The van der Waals surface area contributed by atoms with E-state index in [0.717, 1.165) is 17.0 Å². The van der Waals surface area contributed by atoms with Gasteiger partial charge in [0.05, 0.1) is 5.69 Å². The lowest BCUT2D eigenvalue weighted by molar-refractivity contribution is 0.628. The van der Waals surface area contributed by atoms with Crippen molar-refractivity contribution in [1.82, 2.24) is 10.2 Å². The summed E-state index contributed by atoms with van der Waals surface area (Å²) in [6.07, 6.45) is 0. The fraction of sp³-hybridized carbons (Fsp3) is 0.211. The largest absolute Gasteiger partial charge is 0.329 e. The van der Waals surface area contributed by atoms with E-state index in [2.05, 4.69) is 42.2 Å². The van der Waals surface area contributed by atoms with E-state index in [1.807, 2.05) is 6.07 Å². The van der Waals surface area contributed by atoms with Gasteiger partial charge in [-0.2, -0.15) is 5.10 Å². The molecule has 0 radical (unpaired) electrons. The zero-order valence-electron chi connectivity index (χ0n) is 13.3. The van der Waals surface area contributed by atoms with Gasteiger partial charge >= 0.3 is 0 Å². The molecule has 0 saturated carbocycles. The third-order valence-corrected chi connectivity index (χ3v) is 4.16. The summed E-state index contributed by atoms with van der Waals surface area (Å²) in [4.78, 5) is 0. The molecule has 3 rings (SSSR count). The van der Waals surface area contributed by atoms with E-state index in [-0.39, 0.29) is 11.7 Å². The van der Waals surface area contributed by atoms with Crippen LogP contribution in [0.25, 0.3) is 11.3 Å². The molecule has 1 unspecified atom stereocenters. The predicted octanol–water partition coefficient (Wildman–Crippen LogP) is 3.92. The van der Waals surface area contributed by atoms with Crippen LogP contribution in [0.5, 0.6) is 0 Å². The molecule has 0 amide bonds. The van der Waals surface area contributed by atoms with E-state index in [1.54, 1.807) is 12.1 Å². The van der Waals surface area contributed by atoms with Crippen LogP contribution in [0.15, 0.2) is 48.5 Å². The molecule has 0 bridgehead atoms. The van der Waals surface area contributed by atoms with Crippen LogP contribution in [-0.2, 0) is 0 Å². The van der Waals surface area contributed by atoms with Gasteiger partial charge in [0.2, 0.25) is 0 Å². The minimum absolute atomic E-state index is 0.0663. The van der Waals surface area contributed by atoms with E-state index in [4.69, 9.17) is 5.73 Å². The Labute approximate surface area is 135 Å². The van der Waals surface area contributed by atoms with Gasteiger partial charge in [-0.3, -0.25) is 5.10 Å². The maximum Gasteiger partial charge on any atom is 0.123 e. The van der Waals surface area contributed by atoms with Crippen LogP contribution in [0.2, 0.25) is 0 Å². The molecule has 0 aliphatic heterocycles. The third-order valence-electron chi connectivity index (χ3n) is 4.16. The summed E-state index contributed by atoms with van der Waals surface area (Å²) in [6, 6.07) is 14.7. The molecule has 3 aromatic rings. The Morgan fingerprint density at radius 3 is 2.52 bits per heavy atom. The Bertz CT molecular complexity index is 806. The van der Waals surface area contributed by atoms with Crippen LogP contribution in [0.1, 0.15) is 28.3 Å². The monoisotopic (exact) mass is 309 g/mol. The van der Waals surface area contributed by atoms with Crippen LogP contribution < -0.4 is 5.73 Å². The molecular formula is C19H20FN3. The molecule has 3 N–H and O–H groups in total. The van der Waals surface area contributed by atoms with Gasteiger partial charge in [0.1, 0.15) is 5.82 Å². The van der Waals surface area contributed by atoms with Crippen molar-refractivity contribution in [3.8, 4) is 11.3 Å². The SMILES string of the molecule is Cc1ccc(C)c(C(CN)c2cc(-c3ccc(F)cc3)n[nH]2)c1. The second-order valence-electron chi connectivity index (χ2n) is 5.86. The number of rotatable bonds is 4. The van der Waals surface area contributed by atoms with Gasteiger partial charge in [-0.25, -0.2) is 4.39 Å². The first-order chi connectivity index (χ1) is 11.1. The van der Waals surface area contributed by atoms with Gasteiger partial charge in [-0.15, -0.1) is 0 Å². The smallest absolute Gasteiger partial charge is 0.123 e. The molecule has 4 heteroatoms. The molecule has 0 aliphatic carbocycles. The third kappa shape index (κ3) is 3.17. The zero-order valence-corrected chi connectivity index (χ0v) is 13.3. The summed E-state index contributed by atoms with van der Waals surface area (Å²) in [5, 5.41) is 7.45. The summed E-state index contributed by atoms with van der Waals surface area (Å²) in [7, 11) is 0. The minimum Gasteiger partial charge on any atom is -0.329 e. The first-order valence-corrected chi connectivity index (χ1v) is 7.67. The number of hydrogen-bond donors (Lipinski definition) is 2. The standard InChI is InChI=1S/C19H20FN3/c1-12-3-4-13(2)16(9-12)17(11-21)19-10-18(22-23-19)14-5-7-15(20)8-6-14/h3-10,17H,11,21H2,1-2H3,(H,22,23). The highest BCUT2D eigenvalue weighted by Gasteiger charge is 2.18. The van der Waals surface area contributed by atoms with Crippen molar-refractivity contribution in [2.45, 2.75) is 19.8 Å². The molecule has 1 aromatic heterocycles. The predicted molar refractivity (Wildman–Crippen MR) is 90.8 cm³/mol. The van der Waals surface area contributed by atoms with Gasteiger partial charge in [0.15, 0.2) is 0 Å². The lowest BCUT2D eigenvalue weighted by atomic mass is 9.90. The number of benzene rings is 2. The topological polar surface area (TPSA) is 54.7 Å². The first-order valence-electron chi connectivity index (χ1n) is 7.67. The highest BCUT2D eigenvalue weighted by atomic mass is 19.1. The molecular weight excluding hydrogens is 289 g/mol. The van der Waals surface area contributed by atoms with Crippen LogP contribution in [-0.4, -0.2) is 16.7 Å². The minimum atomic E-state index is -0.250. The number of halogens is 1. The molecule has 1 atom stereocenters. The highest BCUT2D eigenvalue weighted by Crippen LogP contribution is 2.28. The number of nitrogens with zero attached hydrogens (tertiary/aromatic N) is 1. The Kier molecular flexibility index (Phi) is 4.26. The van der Waals surface area contributed by atoms with E-state index < -0.39 is 0 Å². The van der Waals surface area contributed by atoms with Gasteiger partial charge in [0, 0.05) is 23.7 Å². The maximum absolute atomic E-state index is 13.0. The number of aromatic amines is 1. The summed E-state index contributed by atoms with van der Waals surface area (Å²) in [5.74, 6) is -0.184. The first kappa shape index (κ1) is 15.4. The average Bonchev–Trinajstić information content (AvgIpc) is 3.02. The molecule has 0 fully saturated rings. The number of aryl methyl sites for hydroxylation is 2. The number of aromatic nitrogens is 2. The molecule has 0 aliphatic rings. The lowest BCUT2D eigenvalue weighted by Crippen LogP contribution is -2.15. The maximum atomic E-state index is 13.0. The Morgan fingerprint density at radius 1 is 1.09 bits per heavy atom. The van der Waals surface area contributed by atoms with E-state index in [0.29, 0.717) is 6.54 Å². The Morgan fingerprint density at radius 2 is 1.83 bits per heavy atom. The average molecular weight is 309 g/mol. The second kappa shape index (κ2) is 6.34. The molecule has 23 heavy (non-hydrogen) atoms. The zero-order chi connectivity index (χ0) is 16.4. The van der Waals surface area contributed by atoms with Crippen LogP contribution >= 0.6 is 0 Å². The number of hydrogen-bond acceptors (Lipinski definition) is 2. The van der Waals surface area contributed by atoms with Crippen molar-refractivity contribution in [2.24, 2.45) is 5.73 Å². The van der Waals surface area contributed by atoms with Gasteiger partial charge in [-0.05, 0) is 55.3 Å². The lowest BCUT2D eigenvalue weighted by Gasteiger charge is -2.16. The van der Waals surface area contributed by atoms with Gasteiger partial charge in [0.25, 0.3) is 0 Å². The molecule has 2 aromatic carbocycles. The fourth-order valence-electron chi connectivity index (χ4n) is 2.84. The molecule has 0 spiro atoms. The van der Waals surface area contributed by atoms with E-state index in [9.17, 15) is 4.39 Å². The normalized spacial score (nSPS) is 12.3. The summed E-state index contributed by atoms with van der Waals surface area (Å²) in [6.45, 7) is 4.66. The molecule has 0 saturated heterocycles. The summed E-state index contributed by atoms with van der Waals surface area (Å²) < 4.78 is 13.0. The fourth-order valence-corrected chi connectivity index (χ4v) is 2.84. The number of H-pyrrole nitrogens is 1. The Balaban J connectivity index is 1.97. The number of nitrogens with two attached hydrogens (primary N) is 1. The van der Waals surface area contributed by atoms with Crippen molar-refractivity contribution in [2.75, 3.05) is 6.54 Å². The van der Waals surface area contributed by atoms with E-state index in [1.165, 1.54) is 28.8 Å². The van der Waals surface area contributed by atoms with Gasteiger partial charge in [-0.1, -0.05) is 23.8 Å². The summed E-state index contributed by atoms with van der Waals surface area (Å²) >= 11 is 0. The van der Waals surface area contributed by atoms with Crippen molar-refractivity contribution in [3.63, 3.8) is 0 Å². The van der Waals surface area contributed by atoms with E-state index >= 15 is 0 Å². The quantitative estimate of drug-likeness (QED) is 0.767. The highest BCUT2D eigenvalue weighted by molar-refractivity contribution is 5.59. The molecule has 118 valence electrons. The molecule has 3 nitrogen and oxygen atoms in total. The summed E-state index contributed by atoms with van der Waals surface area (Å²) in [5.41, 5.74) is 12.3. The Hall–Kier alpha value is -2.46. The van der Waals surface area contributed by atoms with Crippen LogP contribution in [0.3, 0.4) is 0 Å². The van der Waals surface area contributed by atoms with Gasteiger partial charge < -0.3 is 5.73 Å². The second-order valence-corrected chi connectivity index (χ2v) is 5.86.